The molecule has 2 aliphatic rings. The predicted octanol–water partition coefficient (Wildman–Crippen LogP) is 4.73. The zero-order valence-corrected chi connectivity index (χ0v) is 16.2. The Morgan fingerprint density at radius 1 is 1.00 bits per heavy atom. The maximum Gasteiger partial charge on any atom is 0.0594 e. The Bertz CT molecular complexity index is 731. The number of anilines is 2. The summed E-state index contributed by atoms with van der Waals surface area (Å²) in [5, 5.41) is 0. The fourth-order valence-electron chi connectivity index (χ4n) is 3.45. The molecule has 0 aliphatic carbocycles. The van der Waals surface area contributed by atoms with Crippen molar-refractivity contribution in [2.75, 3.05) is 50.5 Å². The highest BCUT2D eigenvalue weighted by Crippen LogP contribution is 2.48. The van der Waals surface area contributed by atoms with Crippen molar-refractivity contribution < 1.29 is 4.74 Å². The Morgan fingerprint density at radius 2 is 1.80 bits per heavy atom. The third-order valence-corrected chi connectivity index (χ3v) is 6.65. The van der Waals surface area contributed by atoms with Crippen LogP contribution in [0.25, 0.3) is 0 Å². The molecular weight excluding hydrogens is 348 g/mol. The van der Waals surface area contributed by atoms with Gasteiger partial charge in [0.15, 0.2) is 0 Å². The van der Waals surface area contributed by atoms with Crippen LogP contribution >= 0.6 is 23.5 Å². The van der Waals surface area contributed by atoms with Crippen molar-refractivity contribution in [1.29, 1.82) is 0 Å². The Hall–Kier alpha value is -1.14. The number of para-hydroxylation sites is 1. The molecule has 2 aliphatic heterocycles. The molecule has 0 bridgehead atoms. The molecule has 0 spiro atoms. The van der Waals surface area contributed by atoms with E-state index in [1.54, 1.807) is 0 Å². The Labute approximate surface area is 158 Å². The zero-order valence-electron chi connectivity index (χ0n) is 14.6. The molecule has 2 aromatic carbocycles. The Balaban J connectivity index is 1.55. The summed E-state index contributed by atoms with van der Waals surface area (Å²) in [6, 6.07) is 15.6. The maximum atomic E-state index is 5.46. The van der Waals surface area contributed by atoms with Crippen molar-refractivity contribution in [2.24, 2.45) is 0 Å². The van der Waals surface area contributed by atoms with Crippen LogP contribution in [0.15, 0.2) is 57.2 Å². The summed E-state index contributed by atoms with van der Waals surface area (Å²) in [6.45, 7) is 6.10. The average molecular weight is 373 g/mol. The van der Waals surface area contributed by atoms with Crippen molar-refractivity contribution in [3.63, 3.8) is 0 Å². The van der Waals surface area contributed by atoms with Crippen molar-refractivity contribution in [2.45, 2.75) is 21.1 Å². The topological polar surface area (TPSA) is 15.7 Å². The number of morpholine rings is 1. The van der Waals surface area contributed by atoms with Gasteiger partial charge in [-0.05, 0) is 43.0 Å². The van der Waals surface area contributed by atoms with Crippen LogP contribution in [0.5, 0.6) is 0 Å². The fourth-order valence-corrected chi connectivity index (χ4v) is 4.96. The summed E-state index contributed by atoms with van der Waals surface area (Å²) in [7, 11) is 0. The van der Waals surface area contributed by atoms with Crippen LogP contribution in [-0.2, 0) is 4.74 Å². The largest absolute Gasteiger partial charge is 0.379 e. The molecule has 132 valence electrons. The lowest BCUT2D eigenvalue weighted by atomic mass is 10.2. The molecule has 0 amide bonds. The summed E-state index contributed by atoms with van der Waals surface area (Å²) < 4.78 is 5.46. The molecule has 0 radical (unpaired) electrons. The van der Waals surface area contributed by atoms with E-state index in [1.807, 2.05) is 23.5 Å². The van der Waals surface area contributed by atoms with Crippen molar-refractivity contribution in [3.05, 3.63) is 42.5 Å². The summed E-state index contributed by atoms with van der Waals surface area (Å²) in [5.74, 6) is 0. The second-order valence-electron chi connectivity index (χ2n) is 6.36. The van der Waals surface area contributed by atoms with Gasteiger partial charge in [-0.15, -0.1) is 11.8 Å². The average Bonchev–Trinajstić information content (AvgIpc) is 2.68. The van der Waals surface area contributed by atoms with Crippen LogP contribution in [0.1, 0.15) is 6.42 Å². The minimum atomic E-state index is 0.878. The van der Waals surface area contributed by atoms with Gasteiger partial charge in [-0.1, -0.05) is 23.9 Å². The highest BCUT2D eigenvalue weighted by Gasteiger charge is 2.23. The molecule has 1 saturated heterocycles. The van der Waals surface area contributed by atoms with Gasteiger partial charge in [0, 0.05) is 40.9 Å². The maximum absolute atomic E-state index is 5.46. The second-order valence-corrected chi connectivity index (χ2v) is 8.33. The quantitative estimate of drug-likeness (QED) is 0.703. The normalized spacial score (nSPS) is 17.2. The van der Waals surface area contributed by atoms with E-state index in [4.69, 9.17) is 4.74 Å². The first-order valence-corrected chi connectivity index (χ1v) is 10.9. The van der Waals surface area contributed by atoms with Gasteiger partial charge in [0.1, 0.15) is 0 Å². The highest BCUT2D eigenvalue weighted by molar-refractivity contribution is 8.00. The molecule has 0 unspecified atom stereocenters. The molecule has 0 saturated carbocycles. The lowest BCUT2D eigenvalue weighted by Crippen LogP contribution is -2.38. The van der Waals surface area contributed by atoms with Crippen LogP contribution in [0, 0.1) is 0 Å². The molecule has 4 rings (SSSR count). The smallest absolute Gasteiger partial charge is 0.0594 e. The molecule has 5 heteroatoms. The molecule has 25 heavy (non-hydrogen) atoms. The molecule has 3 nitrogen and oxygen atoms in total. The van der Waals surface area contributed by atoms with E-state index >= 15 is 0 Å². The highest BCUT2D eigenvalue weighted by atomic mass is 32.2. The summed E-state index contributed by atoms with van der Waals surface area (Å²) in [5.41, 5.74) is 2.71. The number of rotatable bonds is 5. The molecule has 2 heterocycles. The first-order valence-electron chi connectivity index (χ1n) is 8.88. The predicted molar refractivity (Wildman–Crippen MR) is 108 cm³/mol. The van der Waals surface area contributed by atoms with E-state index in [-0.39, 0.29) is 0 Å². The van der Waals surface area contributed by atoms with E-state index in [1.165, 1.54) is 32.5 Å². The van der Waals surface area contributed by atoms with Gasteiger partial charge in [-0.2, -0.15) is 0 Å². The standard InChI is InChI=1S/C20H24N2OS2/c1-24-16-7-8-20-18(15-16)22(17-5-2-3-6-19(17)25-20)10-4-9-21-11-13-23-14-12-21/h2-3,5-8,15H,4,9-14H2,1H3. The number of fused-ring (bicyclic) bond motifs is 2. The van der Waals surface area contributed by atoms with Crippen molar-refractivity contribution >= 4 is 34.9 Å². The molecule has 0 aromatic heterocycles. The Morgan fingerprint density at radius 3 is 2.64 bits per heavy atom. The number of ether oxygens (including phenoxy) is 1. The SMILES string of the molecule is CSc1ccc2c(c1)N(CCCN1CCOCC1)c1ccccc1S2. The Kier molecular flexibility index (Phi) is 5.56. The molecule has 2 aromatic rings. The van der Waals surface area contributed by atoms with Crippen LogP contribution < -0.4 is 4.90 Å². The lowest BCUT2D eigenvalue weighted by Gasteiger charge is -2.34. The van der Waals surface area contributed by atoms with Crippen molar-refractivity contribution in [1.82, 2.24) is 4.90 Å². The van der Waals surface area contributed by atoms with E-state index in [0.29, 0.717) is 0 Å². The van der Waals surface area contributed by atoms with E-state index in [9.17, 15) is 0 Å². The van der Waals surface area contributed by atoms with E-state index in [0.717, 1.165) is 39.4 Å². The zero-order chi connectivity index (χ0) is 17.1. The lowest BCUT2D eigenvalue weighted by molar-refractivity contribution is 0.0377. The third-order valence-electron chi connectivity index (χ3n) is 4.79. The van der Waals surface area contributed by atoms with Gasteiger partial charge < -0.3 is 9.64 Å². The van der Waals surface area contributed by atoms with Gasteiger partial charge in [-0.25, -0.2) is 0 Å². The minimum absolute atomic E-state index is 0.878. The van der Waals surface area contributed by atoms with E-state index in [2.05, 4.69) is 58.5 Å². The number of hydrogen-bond donors (Lipinski definition) is 0. The van der Waals surface area contributed by atoms with Gasteiger partial charge in [0.25, 0.3) is 0 Å². The van der Waals surface area contributed by atoms with Crippen LogP contribution in [0.3, 0.4) is 0 Å². The number of thioether (sulfide) groups is 1. The number of hydrogen-bond acceptors (Lipinski definition) is 5. The van der Waals surface area contributed by atoms with Gasteiger partial charge in [-0.3, -0.25) is 4.90 Å². The third kappa shape index (κ3) is 3.85. The number of benzene rings is 2. The summed E-state index contributed by atoms with van der Waals surface area (Å²) >= 11 is 3.70. The molecule has 0 N–H and O–H groups in total. The second kappa shape index (κ2) is 8.04. The van der Waals surface area contributed by atoms with Crippen LogP contribution in [0.4, 0.5) is 11.4 Å². The first-order chi connectivity index (χ1) is 12.3. The van der Waals surface area contributed by atoms with E-state index < -0.39 is 0 Å². The van der Waals surface area contributed by atoms with Crippen LogP contribution in [-0.4, -0.2) is 50.5 Å². The van der Waals surface area contributed by atoms with Gasteiger partial charge in [0.2, 0.25) is 0 Å². The molecule has 1 fully saturated rings. The minimum Gasteiger partial charge on any atom is -0.379 e. The van der Waals surface area contributed by atoms with Crippen molar-refractivity contribution in [3.8, 4) is 0 Å². The monoisotopic (exact) mass is 372 g/mol. The van der Waals surface area contributed by atoms with Crippen LogP contribution in [0.2, 0.25) is 0 Å². The summed E-state index contributed by atoms with van der Waals surface area (Å²) in [6.07, 6.45) is 3.32. The van der Waals surface area contributed by atoms with Gasteiger partial charge >= 0.3 is 0 Å². The molecular formula is C20H24N2OS2. The van der Waals surface area contributed by atoms with Gasteiger partial charge in [0.05, 0.1) is 24.6 Å². The molecule has 0 atom stereocenters. The first kappa shape index (κ1) is 17.3. The number of nitrogens with zero attached hydrogens (tertiary/aromatic N) is 2. The fraction of sp³-hybridized carbons (Fsp3) is 0.400. The summed E-state index contributed by atoms with van der Waals surface area (Å²) in [4.78, 5) is 9.09.